The smallest absolute Gasteiger partial charge is 0.417 e. The molecule has 0 saturated carbocycles. The summed E-state index contributed by atoms with van der Waals surface area (Å²) in [6.07, 6.45) is -5.33. The first kappa shape index (κ1) is 25.4. The molecule has 0 aliphatic carbocycles. The van der Waals surface area contributed by atoms with E-state index in [4.69, 9.17) is 15.2 Å². The van der Waals surface area contributed by atoms with Gasteiger partial charge in [0.15, 0.2) is 5.60 Å². The number of anilines is 1. The van der Waals surface area contributed by atoms with Gasteiger partial charge in [-0.15, -0.1) is 0 Å². The average molecular weight is 485 g/mol. The van der Waals surface area contributed by atoms with Gasteiger partial charge in [0, 0.05) is 29.3 Å². The van der Waals surface area contributed by atoms with Crippen LogP contribution in [0.4, 0.5) is 23.2 Å². The summed E-state index contributed by atoms with van der Waals surface area (Å²) >= 11 is 0. The van der Waals surface area contributed by atoms with E-state index >= 15 is 0 Å². The van der Waals surface area contributed by atoms with Crippen LogP contribution in [-0.2, 0) is 16.1 Å². The van der Waals surface area contributed by atoms with Crippen LogP contribution in [0.1, 0.15) is 41.4 Å². The third-order valence-electron chi connectivity index (χ3n) is 6.16. The molecule has 2 heterocycles. The monoisotopic (exact) mass is 485 g/mol. The Labute approximate surface area is 192 Å². The van der Waals surface area contributed by atoms with E-state index < -0.39 is 54.0 Å². The maximum Gasteiger partial charge on any atom is 0.417 e. The Morgan fingerprint density at radius 3 is 2.56 bits per heavy atom. The molecule has 2 amide bonds. The second kappa shape index (κ2) is 9.18. The van der Waals surface area contributed by atoms with Gasteiger partial charge in [-0.3, -0.25) is 14.6 Å². The molecule has 1 fully saturated rings. The number of pyridine rings is 1. The molecule has 1 aliphatic heterocycles. The lowest BCUT2D eigenvalue weighted by molar-refractivity contribution is -0.272. The number of carbonyl (C=O) groups excluding carboxylic acids is 2. The highest BCUT2D eigenvalue weighted by molar-refractivity contribution is 5.97. The number of primary amides is 1. The maximum atomic E-state index is 14.2. The number of halogens is 4. The fourth-order valence-corrected chi connectivity index (χ4v) is 4.15. The molecular weight excluding hydrogens is 462 g/mol. The summed E-state index contributed by atoms with van der Waals surface area (Å²) in [4.78, 5) is 28.3. The molecule has 3 rings (SSSR count). The molecule has 0 unspecified atom stereocenters. The zero-order valence-electron chi connectivity index (χ0n) is 18.4. The minimum atomic E-state index is -4.84. The van der Waals surface area contributed by atoms with Crippen molar-refractivity contribution in [1.29, 1.82) is 0 Å². The molecule has 4 atom stereocenters. The van der Waals surface area contributed by atoms with Crippen molar-refractivity contribution < 1.29 is 41.7 Å². The zero-order chi connectivity index (χ0) is 25.4. The summed E-state index contributed by atoms with van der Waals surface area (Å²) in [5, 5.41) is 12.0. The quantitative estimate of drug-likeness (QED) is 0.541. The Balaban J connectivity index is 2.10. The predicted octanol–water partition coefficient (Wildman–Crippen LogP) is 2.90. The fraction of sp³-hybridized carbons (Fsp3) is 0.409. The summed E-state index contributed by atoms with van der Waals surface area (Å²) in [6.45, 7) is 1.33. The van der Waals surface area contributed by atoms with Gasteiger partial charge < -0.3 is 25.6 Å². The van der Waals surface area contributed by atoms with Crippen molar-refractivity contribution in [3.05, 3.63) is 53.1 Å². The zero-order valence-corrected chi connectivity index (χ0v) is 18.4. The van der Waals surface area contributed by atoms with Gasteiger partial charge in [0.25, 0.3) is 11.8 Å². The number of aliphatic hydroxyl groups is 1. The van der Waals surface area contributed by atoms with Crippen LogP contribution in [0.3, 0.4) is 0 Å². The van der Waals surface area contributed by atoms with Crippen molar-refractivity contribution in [2.24, 2.45) is 11.7 Å². The number of alkyl halides is 3. The highest BCUT2D eigenvalue weighted by Crippen LogP contribution is 2.55. The molecule has 1 saturated heterocycles. The number of nitrogens with zero attached hydrogens (tertiary/aromatic N) is 1. The van der Waals surface area contributed by atoms with Crippen LogP contribution in [0.25, 0.3) is 0 Å². The van der Waals surface area contributed by atoms with E-state index in [9.17, 15) is 32.3 Å². The first-order valence-corrected chi connectivity index (χ1v) is 10.1. The van der Waals surface area contributed by atoms with Crippen LogP contribution in [0.5, 0.6) is 5.75 Å². The molecule has 184 valence electrons. The van der Waals surface area contributed by atoms with Crippen LogP contribution in [0.2, 0.25) is 0 Å². The van der Waals surface area contributed by atoms with E-state index in [2.05, 4.69) is 10.3 Å². The molecule has 1 aromatic carbocycles. The van der Waals surface area contributed by atoms with Gasteiger partial charge >= 0.3 is 6.18 Å². The minimum Gasteiger partial charge on any atom is -0.496 e. The topological polar surface area (TPSA) is 124 Å². The van der Waals surface area contributed by atoms with E-state index in [1.807, 2.05) is 0 Å². The fourth-order valence-electron chi connectivity index (χ4n) is 4.15. The van der Waals surface area contributed by atoms with E-state index in [-0.39, 0.29) is 28.3 Å². The third kappa shape index (κ3) is 4.30. The Hall–Kier alpha value is -3.25. The number of hydrogen-bond acceptors (Lipinski definition) is 6. The summed E-state index contributed by atoms with van der Waals surface area (Å²) < 4.78 is 66.9. The van der Waals surface area contributed by atoms with Crippen LogP contribution >= 0.6 is 0 Å². The molecule has 0 bridgehead atoms. The van der Waals surface area contributed by atoms with Crippen LogP contribution in [0.15, 0.2) is 30.5 Å². The minimum absolute atomic E-state index is 0.0616. The molecule has 0 radical (unpaired) electrons. The number of nitrogens with one attached hydrogen (secondary N) is 1. The normalized spacial score (nSPS) is 24.6. The lowest BCUT2D eigenvalue weighted by atomic mass is 9.76. The van der Waals surface area contributed by atoms with E-state index in [1.54, 1.807) is 0 Å². The first-order valence-electron chi connectivity index (χ1n) is 10.1. The van der Waals surface area contributed by atoms with E-state index in [0.717, 1.165) is 13.0 Å². The molecular formula is C22H23F4N3O5. The molecule has 1 aliphatic rings. The molecule has 34 heavy (non-hydrogen) atoms. The maximum absolute atomic E-state index is 14.2. The van der Waals surface area contributed by atoms with Crippen molar-refractivity contribution >= 4 is 17.5 Å². The Morgan fingerprint density at radius 2 is 2.00 bits per heavy atom. The first-order chi connectivity index (χ1) is 15.9. The SMILES string of the molecule is COc1c([C@@H]2[C@@H](C(=O)Nc3ccnc(C(N)=O)c3)O[C@](C)(C(F)(F)F)[C@@H]2C)ccc(F)c1CO. The van der Waals surface area contributed by atoms with Crippen molar-refractivity contribution in [3.8, 4) is 5.75 Å². The van der Waals surface area contributed by atoms with Gasteiger partial charge in [0.1, 0.15) is 23.4 Å². The number of ether oxygens (including phenoxy) is 2. The third-order valence-corrected chi connectivity index (χ3v) is 6.16. The van der Waals surface area contributed by atoms with Gasteiger partial charge in [0.2, 0.25) is 0 Å². The van der Waals surface area contributed by atoms with Gasteiger partial charge in [-0.2, -0.15) is 13.2 Å². The second-order valence-electron chi connectivity index (χ2n) is 8.05. The average Bonchev–Trinajstić information content (AvgIpc) is 3.05. The second-order valence-corrected chi connectivity index (χ2v) is 8.05. The van der Waals surface area contributed by atoms with Crippen LogP contribution < -0.4 is 15.8 Å². The lowest BCUT2D eigenvalue weighted by Crippen LogP contribution is -2.47. The largest absolute Gasteiger partial charge is 0.496 e. The Bertz CT molecular complexity index is 1110. The van der Waals surface area contributed by atoms with Crippen molar-refractivity contribution in [3.63, 3.8) is 0 Å². The molecule has 0 spiro atoms. The number of carbonyl (C=O) groups is 2. The number of rotatable bonds is 6. The lowest BCUT2D eigenvalue weighted by Gasteiger charge is -2.32. The van der Waals surface area contributed by atoms with Gasteiger partial charge in [-0.1, -0.05) is 13.0 Å². The molecule has 8 nitrogen and oxygen atoms in total. The summed E-state index contributed by atoms with van der Waals surface area (Å²) in [5.41, 5.74) is 2.16. The summed E-state index contributed by atoms with van der Waals surface area (Å²) in [7, 11) is 1.18. The summed E-state index contributed by atoms with van der Waals surface area (Å²) in [5.74, 6) is -5.34. The van der Waals surface area contributed by atoms with Crippen LogP contribution in [-0.4, -0.2) is 46.9 Å². The molecule has 4 N–H and O–H groups in total. The van der Waals surface area contributed by atoms with Gasteiger partial charge in [0.05, 0.1) is 19.3 Å². The summed E-state index contributed by atoms with van der Waals surface area (Å²) in [6, 6.07) is 4.68. The number of aliphatic hydroxyl groups excluding tert-OH is 1. The number of nitrogens with two attached hydrogens (primary N) is 1. The highest BCUT2D eigenvalue weighted by atomic mass is 19.4. The van der Waals surface area contributed by atoms with Gasteiger partial charge in [-0.05, 0) is 25.1 Å². The number of amides is 2. The van der Waals surface area contributed by atoms with Crippen LogP contribution in [0, 0.1) is 11.7 Å². The number of aromatic nitrogens is 1. The van der Waals surface area contributed by atoms with Gasteiger partial charge in [-0.25, -0.2) is 4.39 Å². The van der Waals surface area contributed by atoms with E-state index in [1.165, 1.54) is 38.4 Å². The number of hydrogen-bond donors (Lipinski definition) is 3. The Morgan fingerprint density at radius 1 is 1.32 bits per heavy atom. The van der Waals surface area contributed by atoms with Crippen molar-refractivity contribution in [2.75, 3.05) is 12.4 Å². The highest BCUT2D eigenvalue weighted by Gasteiger charge is 2.65. The van der Waals surface area contributed by atoms with Crippen molar-refractivity contribution in [2.45, 2.75) is 44.3 Å². The number of benzene rings is 1. The van der Waals surface area contributed by atoms with Crippen molar-refractivity contribution in [1.82, 2.24) is 4.98 Å². The standard InChI is InChI=1S/C22H23F4N3O5/c1-10-16(12-4-5-14(23)13(9-30)17(12)33-3)18(34-21(10,2)22(24,25)26)20(32)29-11-6-7-28-15(8-11)19(27)31/h4-8,10,16,18,30H,9H2,1-3H3,(H2,27,31)(H,28,29,32)/t10-,16-,18+,21+/m1/s1. The Kier molecular flexibility index (Phi) is 6.85. The number of methoxy groups -OCH3 is 1. The molecule has 2 aromatic rings. The molecule has 12 heteroatoms. The molecule has 1 aromatic heterocycles. The van der Waals surface area contributed by atoms with E-state index in [0.29, 0.717) is 0 Å². The predicted molar refractivity (Wildman–Crippen MR) is 111 cm³/mol.